The molecule has 0 saturated heterocycles. The van der Waals surface area contributed by atoms with Crippen molar-refractivity contribution in [2.75, 3.05) is 5.32 Å². The normalized spacial score (nSPS) is 10.8. The molecule has 0 aliphatic carbocycles. The lowest BCUT2D eigenvalue weighted by atomic mass is 10.1. The van der Waals surface area contributed by atoms with Crippen LogP contribution in [0, 0.1) is 19.7 Å². The highest BCUT2D eigenvalue weighted by Gasteiger charge is 2.21. The average molecular weight is 444 g/mol. The summed E-state index contributed by atoms with van der Waals surface area (Å²) in [5.41, 5.74) is 1.26. The zero-order valence-electron chi connectivity index (χ0n) is 18.1. The van der Waals surface area contributed by atoms with Crippen LogP contribution >= 0.6 is 0 Å². The van der Waals surface area contributed by atoms with E-state index >= 15 is 0 Å². The Morgan fingerprint density at radius 3 is 2.36 bits per heavy atom. The van der Waals surface area contributed by atoms with Crippen molar-refractivity contribution in [3.05, 3.63) is 122 Å². The van der Waals surface area contributed by atoms with Gasteiger partial charge in [0.2, 0.25) is 5.69 Å². The van der Waals surface area contributed by atoms with Crippen molar-refractivity contribution in [3.63, 3.8) is 0 Å². The molecule has 4 rings (SSSR count). The summed E-state index contributed by atoms with van der Waals surface area (Å²) in [7, 11) is 0. The molecule has 0 atom stereocenters. The van der Waals surface area contributed by atoms with Crippen LogP contribution < -0.4 is 16.6 Å². The van der Waals surface area contributed by atoms with Crippen LogP contribution in [0.15, 0.2) is 82.4 Å². The molecule has 0 aliphatic heterocycles. The molecule has 4 aromatic rings. The standard InChI is InChI=1S/C25H21FN4O3/c1-16-9-11-21(12-10-16)30-25(33)29(15-18-6-3-5-17(2)13-18)24(32)22(28-30)23(31)27-20-8-4-7-19(26)14-20/h3-14H,15H2,1-2H3,(H,27,31). The molecule has 3 aromatic carbocycles. The number of nitrogens with one attached hydrogen (secondary N) is 1. The quantitative estimate of drug-likeness (QED) is 0.511. The van der Waals surface area contributed by atoms with Crippen molar-refractivity contribution in [2.45, 2.75) is 20.4 Å². The Labute approximate surface area is 188 Å². The molecule has 0 bridgehead atoms. The Morgan fingerprint density at radius 1 is 0.939 bits per heavy atom. The van der Waals surface area contributed by atoms with Gasteiger partial charge in [0.05, 0.1) is 12.2 Å². The third-order valence-corrected chi connectivity index (χ3v) is 5.06. The smallest absolute Gasteiger partial charge is 0.320 e. The van der Waals surface area contributed by atoms with E-state index in [1.807, 2.05) is 32.0 Å². The van der Waals surface area contributed by atoms with Crippen molar-refractivity contribution in [1.82, 2.24) is 14.3 Å². The van der Waals surface area contributed by atoms with Crippen LogP contribution in [0.4, 0.5) is 10.1 Å². The van der Waals surface area contributed by atoms with E-state index in [-0.39, 0.29) is 12.2 Å². The summed E-state index contributed by atoms with van der Waals surface area (Å²) in [5, 5.41) is 6.55. The van der Waals surface area contributed by atoms with Crippen LogP contribution in [0.2, 0.25) is 0 Å². The minimum absolute atomic E-state index is 0.0338. The van der Waals surface area contributed by atoms with Crippen LogP contribution in [0.3, 0.4) is 0 Å². The van der Waals surface area contributed by atoms with Gasteiger partial charge in [0.1, 0.15) is 5.82 Å². The van der Waals surface area contributed by atoms with Crippen LogP contribution in [-0.2, 0) is 6.54 Å². The van der Waals surface area contributed by atoms with Crippen LogP contribution in [0.5, 0.6) is 0 Å². The summed E-state index contributed by atoms with van der Waals surface area (Å²) >= 11 is 0. The molecular weight excluding hydrogens is 423 g/mol. The number of hydrogen-bond acceptors (Lipinski definition) is 4. The minimum Gasteiger partial charge on any atom is -0.320 e. The Bertz CT molecular complexity index is 1460. The van der Waals surface area contributed by atoms with E-state index < -0.39 is 28.7 Å². The number of aromatic nitrogens is 3. The lowest BCUT2D eigenvalue weighted by molar-refractivity contribution is 0.101. The monoisotopic (exact) mass is 444 g/mol. The van der Waals surface area contributed by atoms with E-state index in [1.54, 1.807) is 30.3 Å². The molecule has 0 aliphatic rings. The molecule has 0 fully saturated rings. The van der Waals surface area contributed by atoms with E-state index in [0.29, 0.717) is 5.69 Å². The first-order chi connectivity index (χ1) is 15.8. The van der Waals surface area contributed by atoms with Crippen molar-refractivity contribution in [3.8, 4) is 5.69 Å². The maximum absolute atomic E-state index is 13.5. The van der Waals surface area contributed by atoms with E-state index in [0.717, 1.165) is 32.0 Å². The summed E-state index contributed by atoms with van der Waals surface area (Å²) in [6.07, 6.45) is 0. The van der Waals surface area contributed by atoms with Gasteiger partial charge in [0, 0.05) is 5.69 Å². The molecule has 0 radical (unpaired) electrons. The molecular formula is C25H21FN4O3. The molecule has 0 spiro atoms. The fourth-order valence-electron chi connectivity index (χ4n) is 3.40. The number of aryl methyl sites for hydroxylation is 2. The fraction of sp³-hybridized carbons (Fsp3) is 0.120. The largest absolute Gasteiger partial charge is 0.352 e. The molecule has 33 heavy (non-hydrogen) atoms. The number of carbonyl (C=O) groups is 1. The summed E-state index contributed by atoms with van der Waals surface area (Å²) in [5.74, 6) is -1.38. The van der Waals surface area contributed by atoms with Crippen molar-refractivity contribution >= 4 is 11.6 Å². The highest BCUT2D eigenvalue weighted by atomic mass is 19.1. The number of halogens is 1. The fourth-order valence-corrected chi connectivity index (χ4v) is 3.40. The van der Waals surface area contributed by atoms with Crippen molar-refractivity contribution < 1.29 is 9.18 Å². The van der Waals surface area contributed by atoms with Gasteiger partial charge >= 0.3 is 5.69 Å². The summed E-state index contributed by atoms with van der Waals surface area (Å²) in [6.45, 7) is 3.77. The third-order valence-electron chi connectivity index (χ3n) is 5.06. The van der Waals surface area contributed by atoms with E-state index in [2.05, 4.69) is 10.4 Å². The van der Waals surface area contributed by atoms with Gasteiger partial charge in [0.15, 0.2) is 0 Å². The number of nitrogens with zero attached hydrogens (tertiary/aromatic N) is 3. The van der Waals surface area contributed by atoms with Gasteiger partial charge in [-0.3, -0.25) is 14.2 Å². The van der Waals surface area contributed by atoms with Gasteiger partial charge in [-0.1, -0.05) is 53.6 Å². The molecule has 8 heteroatoms. The van der Waals surface area contributed by atoms with Gasteiger partial charge in [-0.2, -0.15) is 9.78 Å². The van der Waals surface area contributed by atoms with Gasteiger partial charge in [0.25, 0.3) is 11.5 Å². The molecule has 1 amide bonds. The van der Waals surface area contributed by atoms with Gasteiger partial charge < -0.3 is 5.32 Å². The number of carbonyl (C=O) groups excluding carboxylic acids is 1. The second kappa shape index (κ2) is 9.04. The molecule has 1 aromatic heterocycles. The summed E-state index contributed by atoms with van der Waals surface area (Å²) < 4.78 is 15.5. The molecule has 166 valence electrons. The predicted octanol–water partition coefficient (Wildman–Crippen LogP) is 3.45. The van der Waals surface area contributed by atoms with Crippen LogP contribution in [0.1, 0.15) is 27.2 Å². The van der Waals surface area contributed by atoms with E-state index in [1.165, 1.54) is 18.2 Å². The van der Waals surface area contributed by atoms with Gasteiger partial charge in [-0.05, 0) is 49.7 Å². The van der Waals surface area contributed by atoms with Crippen molar-refractivity contribution in [1.29, 1.82) is 0 Å². The third kappa shape index (κ3) is 4.79. The number of amides is 1. The molecule has 1 N–H and O–H groups in total. The highest BCUT2D eigenvalue weighted by molar-refractivity contribution is 6.02. The Balaban J connectivity index is 1.85. The van der Waals surface area contributed by atoms with Gasteiger partial charge in [-0.15, -0.1) is 0 Å². The number of anilines is 1. The lowest BCUT2D eigenvalue weighted by Crippen LogP contribution is -2.45. The first-order valence-electron chi connectivity index (χ1n) is 10.3. The SMILES string of the molecule is Cc1ccc(-n2nc(C(=O)Nc3cccc(F)c3)c(=O)n(Cc3cccc(C)c3)c2=O)cc1. The maximum atomic E-state index is 13.5. The highest BCUT2D eigenvalue weighted by Crippen LogP contribution is 2.11. The second-order valence-corrected chi connectivity index (χ2v) is 7.72. The number of benzene rings is 3. The Morgan fingerprint density at radius 2 is 1.67 bits per heavy atom. The van der Waals surface area contributed by atoms with Gasteiger partial charge in [-0.25, -0.2) is 9.18 Å². The molecule has 1 heterocycles. The minimum atomic E-state index is -0.843. The average Bonchev–Trinajstić information content (AvgIpc) is 2.77. The number of hydrogen-bond donors (Lipinski definition) is 1. The maximum Gasteiger partial charge on any atom is 0.352 e. The molecule has 0 saturated carbocycles. The number of rotatable bonds is 5. The van der Waals surface area contributed by atoms with Crippen LogP contribution in [-0.4, -0.2) is 20.3 Å². The van der Waals surface area contributed by atoms with E-state index in [4.69, 9.17) is 0 Å². The first kappa shape index (κ1) is 21.9. The zero-order valence-corrected chi connectivity index (χ0v) is 18.1. The molecule has 7 nitrogen and oxygen atoms in total. The molecule has 0 unspecified atom stereocenters. The Hall–Kier alpha value is -4.33. The zero-order chi connectivity index (χ0) is 23.5. The lowest BCUT2D eigenvalue weighted by Gasteiger charge is -2.13. The summed E-state index contributed by atoms with van der Waals surface area (Å²) in [4.78, 5) is 39.3. The predicted molar refractivity (Wildman–Crippen MR) is 123 cm³/mol. The topological polar surface area (TPSA) is 86.0 Å². The second-order valence-electron chi connectivity index (χ2n) is 7.72. The summed E-state index contributed by atoms with van der Waals surface area (Å²) in [6, 6.07) is 19.6. The van der Waals surface area contributed by atoms with Crippen LogP contribution in [0.25, 0.3) is 5.69 Å². The van der Waals surface area contributed by atoms with Crippen molar-refractivity contribution in [2.24, 2.45) is 0 Å². The Kier molecular flexibility index (Phi) is 5.99. The van der Waals surface area contributed by atoms with E-state index in [9.17, 15) is 18.8 Å². The first-order valence-corrected chi connectivity index (χ1v) is 10.3.